The Morgan fingerprint density at radius 3 is 2.41 bits per heavy atom. The summed E-state index contributed by atoms with van der Waals surface area (Å²) < 4.78 is 39.2. The lowest BCUT2D eigenvalue weighted by Crippen LogP contribution is -2.30. The molecule has 0 radical (unpaired) electrons. The third-order valence-corrected chi connectivity index (χ3v) is 3.89. The number of anilines is 1. The molecular weight excluding hydrogens is 297 g/mol. The van der Waals surface area contributed by atoms with Gasteiger partial charge in [0.2, 0.25) is 0 Å². The molecular formula is C15H15F3N2O2. The molecule has 1 saturated carbocycles. The molecule has 4 nitrogen and oxygen atoms in total. The average Bonchev–Trinajstić information content (AvgIpc) is 2.47. The van der Waals surface area contributed by atoms with E-state index >= 15 is 0 Å². The predicted octanol–water partition coefficient (Wildman–Crippen LogP) is 3.63. The van der Waals surface area contributed by atoms with E-state index in [0.29, 0.717) is 25.7 Å². The number of benzene rings is 1. The zero-order chi connectivity index (χ0) is 16.3. The number of carboxylic acids is 1. The Labute approximate surface area is 125 Å². The van der Waals surface area contributed by atoms with E-state index in [9.17, 15) is 18.0 Å². The zero-order valence-corrected chi connectivity index (χ0v) is 11.7. The van der Waals surface area contributed by atoms with Gasteiger partial charge in [-0.1, -0.05) is 0 Å². The van der Waals surface area contributed by atoms with Crippen molar-refractivity contribution in [3.05, 3.63) is 29.3 Å². The number of hydrogen-bond acceptors (Lipinski definition) is 3. The summed E-state index contributed by atoms with van der Waals surface area (Å²) in [6, 6.07) is 4.92. The highest BCUT2D eigenvalue weighted by molar-refractivity contribution is 5.70. The maximum Gasteiger partial charge on any atom is 0.418 e. The molecule has 0 unspecified atom stereocenters. The summed E-state index contributed by atoms with van der Waals surface area (Å²) in [6.45, 7) is 0. The number of nitrogens with one attached hydrogen (secondary N) is 1. The van der Waals surface area contributed by atoms with Crippen LogP contribution in [-0.4, -0.2) is 17.1 Å². The normalized spacial score (nSPS) is 21.9. The molecule has 2 N–H and O–H groups in total. The molecule has 1 aromatic carbocycles. The molecule has 1 aliphatic carbocycles. The van der Waals surface area contributed by atoms with Gasteiger partial charge in [0.1, 0.15) is 0 Å². The van der Waals surface area contributed by atoms with E-state index in [1.807, 2.05) is 0 Å². The first-order valence-electron chi connectivity index (χ1n) is 6.92. The fourth-order valence-corrected chi connectivity index (χ4v) is 2.68. The molecule has 7 heteroatoms. The number of aliphatic carboxylic acids is 1. The fraction of sp³-hybridized carbons (Fsp3) is 0.467. The van der Waals surface area contributed by atoms with Crippen molar-refractivity contribution < 1.29 is 23.1 Å². The Morgan fingerprint density at radius 2 is 1.91 bits per heavy atom. The molecule has 1 aromatic rings. The van der Waals surface area contributed by atoms with Crippen molar-refractivity contribution >= 4 is 11.7 Å². The van der Waals surface area contributed by atoms with Crippen molar-refractivity contribution in [2.45, 2.75) is 37.9 Å². The minimum Gasteiger partial charge on any atom is -0.481 e. The maximum absolute atomic E-state index is 13.1. The highest BCUT2D eigenvalue weighted by atomic mass is 19.4. The molecule has 0 spiro atoms. The van der Waals surface area contributed by atoms with Crippen LogP contribution in [0.25, 0.3) is 0 Å². The number of carboxylic acid groups (broad SMARTS) is 1. The van der Waals surface area contributed by atoms with E-state index in [-0.39, 0.29) is 17.3 Å². The van der Waals surface area contributed by atoms with Crippen LogP contribution in [-0.2, 0) is 11.0 Å². The Bertz CT molecular complexity index is 600. The van der Waals surface area contributed by atoms with E-state index < -0.39 is 23.6 Å². The third kappa shape index (κ3) is 3.70. The van der Waals surface area contributed by atoms with Gasteiger partial charge in [0.25, 0.3) is 0 Å². The topological polar surface area (TPSA) is 73.1 Å². The second-order valence-electron chi connectivity index (χ2n) is 5.40. The summed E-state index contributed by atoms with van der Waals surface area (Å²) in [4.78, 5) is 10.9. The summed E-state index contributed by atoms with van der Waals surface area (Å²) >= 11 is 0. The summed E-state index contributed by atoms with van der Waals surface area (Å²) in [5.41, 5.74) is -0.982. The highest BCUT2D eigenvalue weighted by Crippen LogP contribution is 2.37. The smallest absolute Gasteiger partial charge is 0.418 e. The zero-order valence-electron chi connectivity index (χ0n) is 11.7. The quantitative estimate of drug-likeness (QED) is 0.894. The Morgan fingerprint density at radius 1 is 1.27 bits per heavy atom. The lowest BCUT2D eigenvalue weighted by atomic mass is 9.86. The molecule has 0 saturated heterocycles. The van der Waals surface area contributed by atoms with Crippen molar-refractivity contribution in [2.24, 2.45) is 5.92 Å². The number of rotatable bonds is 3. The summed E-state index contributed by atoms with van der Waals surface area (Å²) in [7, 11) is 0. The van der Waals surface area contributed by atoms with Gasteiger partial charge >= 0.3 is 12.1 Å². The molecule has 118 valence electrons. The van der Waals surface area contributed by atoms with Crippen LogP contribution in [0.1, 0.15) is 36.8 Å². The van der Waals surface area contributed by atoms with Gasteiger partial charge in [-0.3, -0.25) is 4.79 Å². The second-order valence-corrected chi connectivity index (χ2v) is 5.40. The molecule has 0 bridgehead atoms. The van der Waals surface area contributed by atoms with Gasteiger partial charge in [-0.25, -0.2) is 0 Å². The van der Waals surface area contributed by atoms with E-state index in [4.69, 9.17) is 10.4 Å². The average molecular weight is 312 g/mol. The van der Waals surface area contributed by atoms with Crippen LogP contribution < -0.4 is 5.32 Å². The minimum absolute atomic E-state index is 0.0486. The summed E-state index contributed by atoms with van der Waals surface area (Å²) in [6.07, 6.45) is -2.63. The minimum atomic E-state index is -4.55. The first-order valence-corrected chi connectivity index (χ1v) is 6.92. The molecule has 0 atom stereocenters. The lowest BCUT2D eigenvalue weighted by Gasteiger charge is -2.28. The summed E-state index contributed by atoms with van der Waals surface area (Å²) in [5.74, 6) is -1.27. The van der Waals surface area contributed by atoms with Gasteiger partial charge in [-0.05, 0) is 43.9 Å². The van der Waals surface area contributed by atoms with Gasteiger partial charge in [-0.2, -0.15) is 18.4 Å². The number of carbonyl (C=O) groups is 1. The van der Waals surface area contributed by atoms with E-state index in [2.05, 4.69) is 5.32 Å². The van der Waals surface area contributed by atoms with Crippen molar-refractivity contribution in [1.82, 2.24) is 0 Å². The monoisotopic (exact) mass is 312 g/mol. The fourth-order valence-electron chi connectivity index (χ4n) is 2.68. The molecule has 0 amide bonds. The number of nitrogens with zero attached hydrogens (tertiary/aromatic N) is 1. The van der Waals surface area contributed by atoms with Crippen LogP contribution in [0.4, 0.5) is 18.9 Å². The maximum atomic E-state index is 13.1. The van der Waals surface area contributed by atoms with E-state index in [1.165, 1.54) is 12.1 Å². The van der Waals surface area contributed by atoms with Gasteiger partial charge in [0.15, 0.2) is 0 Å². The van der Waals surface area contributed by atoms with E-state index in [1.54, 1.807) is 6.07 Å². The molecule has 2 rings (SSSR count). The van der Waals surface area contributed by atoms with Crippen molar-refractivity contribution in [3.63, 3.8) is 0 Å². The molecule has 0 aromatic heterocycles. The van der Waals surface area contributed by atoms with Crippen molar-refractivity contribution in [2.75, 3.05) is 5.32 Å². The Hall–Kier alpha value is -2.23. The van der Waals surface area contributed by atoms with Crippen LogP contribution in [0.5, 0.6) is 0 Å². The van der Waals surface area contributed by atoms with Gasteiger partial charge in [0, 0.05) is 11.7 Å². The van der Waals surface area contributed by atoms with Crippen molar-refractivity contribution in [3.8, 4) is 6.07 Å². The molecule has 1 aliphatic rings. The summed E-state index contributed by atoms with van der Waals surface area (Å²) in [5, 5.41) is 20.5. The van der Waals surface area contributed by atoms with E-state index in [0.717, 1.165) is 6.07 Å². The molecule has 0 aliphatic heterocycles. The first kappa shape index (κ1) is 16.1. The second kappa shape index (κ2) is 6.26. The standard InChI is InChI=1S/C15H15F3N2O2/c16-15(17,18)12-7-9(8-19)1-6-13(12)20-11-4-2-10(3-5-11)14(21)22/h1,6-7,10-11,20H,2-5H2,(H,21,22). The Kier molecular flexibility index (Phi) is 4.59. The predicted molar refractivity (Wildman–Crippen MR) is 73.2 cm³/mol. The van der Waals surface area contributed by atoms with Crippen LogP contribution in [0, 0.1) is 17.2 Å². The number of hydrogen-bond donors (Lipinski definition) is 2. The number of alkyl halides is 3. The third-order valence-electron chi connectivity index (χ3n) is 3.89. The number of nitriles is 1. The Balaban J connectivity index is 2.14. The highest BCUT2D eigenvalue weighted by Gasteiger charge is 2.35. The largest absolute Gasteiger partial charge is 0.481 e. The van der Waals surface area contributed by atoms with Crippen LogP contribution >= 0.6 is 0 Å². The van der Waals surface area contributed by atoms with Crippen LogP contribution in [0.3, 0.4) is 0 Å². The van der Waals surface area contributed by atoms with Gasteiger partial charge in [-0.15, -0.1) is 0 Å². The number of halogens is 3. The van der Waals surface area contributed by atoms with Crippen molar-refractivity contribution in [1.29, 1.82) is 5.26 Å². The first-order chi connectivity index (χ1) is 10.3. The van der Waals surface area contributed by atoms with Gasteiger partial charge < -0.3 is 10.4 Å². The lowest BCUT2D eigenvalue weighted by molar-refractivity contribution is -0.142. The molecule has 1 fully saturated rings. The molecule has 0 heterocycles. The van der Waals surface area contributed by atoms with Crippen LogP contribution in [0.2, 0.25) is 0 Å². The van der Waals surface area contributed by atoms with Gasteiger partial charge in [0.05, 0.1) is 23.1 Å². The molecule has 22 heavy (non-hydrogen) atoms. The SMILES string of the molecule is N#Cc1ccc(NC2CCC(C(=O)O)CC2)c(C(F)(F)F)c1. The van der Waals surface area contributed by atoms with Crippen LogP contribution in [0.15, 0.2) is 18.2 Å².